The molecular weight excluding hydrogens is 386 g/mol. The van der Waals surface area contributed by atoms with Gasteiger partial charge in [0.15, 0.2) is 0 Å². The van der Waals surface area contributed by atoms with Crippen molar-refractivity contribution >= 4 is 18.3 Å². The van der Waals surface area contributed by atoms with E-state index >= 15 is 0 Å². The number of piperidine rings is 1. The topological polar surface area (TPSA) is 55.1 Å². The van der Waals surface area contributed by atoms with Crippen molar-refractivity contribution in [3.63, 3.8) is 0 Å². The average molecular weight is 420 g/mol. The third kappa shape index (κ3) is 3.84. The second-order valence-electron chi connectivity index (χ2n) is 8.42. The van der Waals surface area contributed by atoms with Crippen LogP contribution in [0.4, 0.5) is 0 Å². The van der Waals surface area contributed by atoms with Gasteiger partial charge in [0.05, 0.1) is 12.1 Å². The summed E-state index contributed by atoms with van der Waals surface area (Å²) in [6, 6.07) is 2.39. The van der Waals surface area contributed by atoms with Gasteiger partial charge in [-0.3, -0.25) is 4.79 Å². The first kappa shape index (κ1) is 21.9. The van der Waals surface area contributed by atoms with Crippen LogP contribution in [0.3, 0.4) is 0 Å². The zero-order valence-electron chi connectivity index (χ0n) is 18.1. The Bertz CT molecular complexity index is 865. The molecule has 1 N–H and O–H groups in total. The van der Waals surface area contributed by atoms with Gasteiger partial charge in [-0.15, -0.1) is 12.4 Å². The van der Waals surface area contributed by atoms with Crippen LogP contribution in [0.25, 0.3) is 0 Å². The molecule has 1 unspecified atom stereocenters. The highest BCUT2D eigenvalue weighted by Crippen LogP contribution is 2.56. The summed E-state index contributed by atoms with van der Waals surface area (Å²) in [5.41, 5.74) is 3.39. The van der Waals surface area contributed by atoms with Crippen LogP contribution in [0, 0.1) is 19.3 Å². The number of nitrogens with one attached hydrogen (secondary N) is 1. The lowest BCUT2D eigenvalue weighted by atomic mass is 9.93. The number of aryl methyl sites for hydroxylation is 2. The zero-order valence-corrected chi connectivity index (χ0v) is 18.9. The van der Waals surface area contributed by atoms with Crippen molar-refractivity contribution < 1.29 is 4.79 Å². The van der Waals surface area contributed by atoms with Crippen molar-refractivity contribution in [1.29, 1.82) is 0 Å². The number of hydrogen-bond donors (Lipinski definition) is 1. The van der Waals surface area contributed by atoms with Crippen LogP contribution in [-0.4, -0.2) is 44.1 Å². The minimum absolute atomic E-state index is 0. The van der Waals surface area contributed by atoms with Gasteiger partial charge in [-0.05, 0) is 71.5 Å². The number of carbonyl (C=O) groups is 1. The number of amides is 1. The molecule has 3 heterocycles. The monoisotopic (exact) mass is 419 g/mol. The number of imidazole rings is 1. The molecule has 1 spiro atoms. The van der Waals surface area contributed by atoms with Gasteiger partial charge in [0, 0.05) is 42.9 Å². The molecule has 1 aliphatic heterocycles. The van der Waals surface area contributed by atoms with Gasteiger partial charge in [-0.2, -0.15) is 0 Å². The van der Waals surface area contributed by atoms with E-state index in [4.69, 9.17) is 0 Å². The van der Waals surface area contributed by atoms with Crippen molar-refractivity contribution in [2.24, 2.45) is 5.41 Å². The summed E-state index contributed by atoms with van der Waals surface area (Å²) in [5.74, 6) is 1.15. The third-order valence-electron chi connectivity index (χ3n) is 6.96. The average Bonchev–Trinajstić information content (AvgIpc) is 3.05. The fourth-order valence-corrected chi connectivity index (χ4v) is 5.14. The SMILES string of the molecule is CCn1ccnc1CN(C(=O)c1cc(C)n(CC)c1C)C1CC12CCNCC2.Cl. The number of rotatable bonds is 6. The molecule has 160 valence electrons. The Hall–Kier alpha value is -1.79. The Labute approximate surface area is 180 Å². The maximum absolute atomic E-state index is 13.7. The van der Waals surface area contributed by atoms with Crippen molar-refractivity contribution in [1.82, 2.24) is 24.3 Å². The molecule has 2 aromatic heterocycles. The maximum Gasteiger partial charge on any atom is 0.256 e. The van der Waals surface area contributed by atoms with E-state index in [1.807, 2.05) is 12.4 Å². The van der Waals surface area contributed by atoms with E-state index in [9.17, 15) is 4.79 Å². The predicted octanol–water partition coefficient (Wildman–Crippen LogP) is 3.55. The van der Waals surface area contributed by atoms with Gasteiger partial charge in [0.1, 0.15) is 5.82 Å². The maximum atomic E-state index is 13.7. The van der Waals surface area contributed by atoms with Gasteiger partial charge in [-0.25, -0.2) is 4.98 Å². The lowest BCUT2D eigenvalue weighted by Gasteiger charge is -2.29. The zero-order chi connectivity index (χ0) is 19.9. The summed E-state index contributed by atoms with van der Waals surface area (Å²) >= 11 is 0. The summed E-state index contributed by atoms with van der Waals surface area (Å²) < 4.78 is 4.37. The third-order valence-corrected chi connectivity index (χ3v) is 6.96. The predicted molar refractivity (Wildman–Crippen MR) is 118 cm³/mol. The molecule has 0 aromatic carbocycles. The highest BCUT2D eigenvalue weighted by Gasteiger charge is 2.58. The smallest absolute Gasteiger partial charge is 0.256 e. The molecule has 4 rings (SSSR count). The van der Waals surface area contributed by atoms with E-state index in [1.54, 1.807) is 0 Å². The van der Waals surface area contributed by atoms with Crippen LogP contribution in [0.5, 0.6) is 0 Å². The largest absolute Gasteiger partial charge is 0.349 e. The van der Waals surface area contributed by atoms with Crippen molar-refractivity contribution in [3.8, 4) is 0 Å². The van der Waals surface area contributed by atoms with E-state index < -0.39 is 0 Å². The van der Waals surface area contributed by atoms with Gasteiger partial charge >= 0.3 is 0 Å². The molecule has 1 amide bonds. The van der Waals surface area contributed by atoms with Crippen LogP contribution >= 0.6 is 12.4 Å². The number of nitrogens with zero attached hydrogens (tertiary/aromatic N) is 4. The molecule has 1 saturated heterocycles. The van der Waals surface area contributed by atoms with E-state index in [0.29, 0.717) is 18.0 Å². The van der Waals surface area contributed by atoms with Crippen molar-refractivity contribution in [2.75, 3.05) is 13.1 Å². The molecule has 0 radical (unpaired) electrons. The van der Waals surface area contributed by atoms with Gasteiger partial charge < -0.3 is 19.4 Å². The second kappa shape index (κ2) is 8.52. The standard InChI is InChI=1S/C22H33N5O.ClH/c1-5-25-12-11-24-20(25)15-27(19-14-22(19)7-9-23-10-8-22)21(28)18-13-16(3)26(6-2)17(18)4;/h11-13,19,23H,5-10,14-15H2,1-4H3;1H. The Morgan fingerprint density at radius 2 is 2.00 bits per heavy atom. The highest BCUT2D eigenvalue weighted by atomic mass is 35.5. The number of hydrogen-bond acceptors (Lipinski definition) is 3. The Kier molecular flexibility index (Phi) is 6.44. The number of halogens is 1. The van der Waals surface area contributed by atoms with Crippen LogP contribution < -0.4 is 5.32 Å². The molecule has 2 fully saturated rings. The summed E-state index contributed by atoms with van der Waals surface area (Å²) in [7, 11) is 0. The Balaban J connectivity index is 0.00000240. The summed E-state index contributed by atoms with van der Waals surface area (Å²) in [6.07, 6.45) is 7.31. The van der Waals surface area contributed by atoms with E-state index in [0.717, 1.165) is 68.2 Å². The quantitative estimate of drug-likeness (QED) is 0.778. The molecule has 29 heavy (non-hydrogen) atoms. The second-order valence-corrected chi connectivity index (χ2v) is 8.42. The van der Waals surface area contributed by atoms with Crippen molar-refractivity contribution in [2.45, 2.75) is 72.6 Å². The summed E-state index contributed by atoms with van der Waals surface area (Å²) in [5, 5.41) is 3.47. The minimum Gasteiger partial charge on any atom is -0.349 e. The molecular formula is C22H34ClN5O. The molecule has 0 bridgehead atoms. The molecule has 2 aromatic rings. The molecule has 7 heteroatoms. The Morgan fingerprint density at radius 1 is 1.28 bits per heavy atom. The number of aromatic nitrogens is 3. The van der Waals surface area contributed by atoms with Gasteiger partial charge in [0.2, 0.25) is 0 Å². The van der Waals surface area contributed by atoms with Crippen LogP contribution in [-0.2, 0) is 19.6 Å². The molecule has 1 saturated carbocycles. The van der Waals surface area contributed by atoms with E-state index in [2.05, 4.69) is 58.1 Å². The molecule has 6 nitrogen and oxygen atoms in total. The fraction of sp³-hybridized carbons (Fsp3) is 0.636. The van der Waals surface area contributed by atoms with E-state index in [1.165, 1.54) is 0 Å². The van der Waals surface area contributed by atoms with Crippen LogP contribution in [0.15, 0.2) is 18.5 Å². The highest BCUT2D eigenvalue weighted by molar-refractivity contribution is 5.96. The van der Waals surface area contributed by atoms with Gasteiger partial charge in [-0.1, -0.05) is 0 Å². The summed E-state index contributed by atoms with van der Waals surface area (Å²) in [4.78, 5) is 20.4. The lowest BCUT2D eigenvalue weighted by Crippen LogP contribution is -2.39. The molecule has 2 aliphatic rings. The first-order valence-corrected chi connectivity index (χ1v) is 10.7. The summed E-state index contributed by atoms with van der Waals surface area (Å²) in [6.45, 7) is 12.9. The molecule has 1 aliphatic carbocycles. The minimum atomic E-state index is 0. The lowest BCUT2D eigenvalue weighted by molar-refractivity contribution is 0.0684. The van der Waals surface area contributed by atoms with E-state index in [-0.39, 0.29) is 18.3 Å². The van der Waals surface area contributed by atoms with Gasteiger partial charge in [0.25, 0.3) is 5.91 Å². The van der Waals surface area contributed by atoms with Crippen LogP contribution in [0.2, 0.25) is 0 Å². The van der Waals surface area contributed by atoms with Crippen LogP contribution in [0.1, 0.15) is 60.7 Å². The fourth-order valence-electron chi connectivity index (χ4n) is 5.14. The molecule has 1 atom stereocenters. The normalized spacial score (nSPS) is 19.8. The number of carbonyl (C=O) groups excluding carboxylic acids is 1. The first-order chi connectivity index (χ1) is 13.5. The first-order valence-electron chi connectivity index (χ1n) is 10.7. The Morgan fingerprint density at radius 3 is 2.62 bits per heavy atom. The van der Waals surface area contributed by atoms with Crippen molar-refractivity contribution in [3.05, 3.63) is 41.2 Å².